The van der Waals surface area contributed by atoms with Gasteiger partial charge in [0.1, 0.15) is 12.2 Å². The number of carboxylic acid groups (broad SMARTS) is 1. The summed E-state index contributed by atoms with van der Waals surface area (Å²) in [5.74, 6) is 1.54. The fourth-order valence-electron chi connectivity index (χ4n) is 4.58. The molecule has 1 aromatic rings. The van der Waals surface area contributed by atoms with Gasteiger partial charge in [-0.3, -0.25) is 0 Å². The van der Waals surface area contributed by atoms with E-state index in [2.05, 4.69) is 20.1 Å². The van der Waals surface area contributed by atoms with Crippen LogP contribution in [0.2, 0.25) is 0 Å². The van der Waals surface area contributed by atoms with Crippen LogP contribution in [-0.2, 0) is 0 Å². The fraction of sp³-hybridized carbons (Fsp3) is 0.800. The topological polar surface area (TPSA) is 85.3 Å². The van der Waals surface area contributed by atoms with Crippen LogP contribution in [0.1, 0.15) is 43.8 Å². The first-order valence-electron chi connectivity index (χ1n) is 8.23. The standard InChI is InChI=1S/C15H23N5O2/c21-14(22)20-6-3-15(9-20)7-12(8-15)19-4-1-11(2-5-19)13-16-10-17-18-13/h10-12H,1-9H2,(H,21,22)(H,16,17,18). The third-order valence-corrected chi connectivity index (χ3v) is 5.91. The molecule has 3 heterocycles. The largest absolute Gasteiger partial charge is 0.465 e. The average molecular weight is 305 g/mol. The van der Waals surface area contributed by atoms with Crippen LogP contribution in [0.3, 0.4) is 0 Å². The van der Waals surface area contributed by atoms with Crippen molar-refractivity contribution in [2.75, 3.05) is 26.2 Å². The van der Waals surface area contributed by atoms with E-state index < -0.39 is 6.09 Å². The van der Waals surface area contributed by atoms with Crippen LogP contribution in [0, 0.1) is 5.41 Å². The Hall–Kier alpha value is -1.63. The first-order chi connectivity index (χ1) is 10.7. The molecule has 22 heavy (non-hydrogen) atoms. The smallest absolute Gasteiger partial charge is 0.407 e. The predicted molar refractivity (Wildman–Crippen MR) is 79.6 cm³/mol. The van der Waals surface area contributed by atoms with Gasteiger partial charge in [0, 0.05) is 25.0 Å². The summed E-state index contributed by atoms with van der Waals surface area (Å²) in [4.78, 5) is 18.4. The Bertz CT molecular complexity index is 532. The molecule has 2 aliphatic heterocycles. The van der Waals surface area contributed by atoms with Crippen molar-refractivity contribution in [1.29, 1.82) is 0 Å². The molecule has 1 aromatic heterocycles. The van der Waals surface area contributed by atoms with Crippen molar-refractivity contribution in [2.45, 2.75) is 44.1 Å². The number of rotatable bonds is 2. The second-order valence-electron chi connectivity index (χ2n) is 7.20. The molecule has 0 aromatic carbocycles. The lowest BCUT2D eigenvalue weighted by Gasteiger charge is -2.51. The lowest BCUT2D eigenvalue weighted by Crippen LogP contribution is -2.54. The molecule has 1 saturated carbocycles. The molecule has 4 rings (SSSR count). The zero-order valence-electron chi connectivity index (χ0n) is 12.7. The number of amides is 1. The number of aromatic amines is 1. The Morgan fingerprint density at radius 1 is 1.32 bits per heavy atom. The van der Waals surface area contributed by atoms with Crippen LogP contribution < -0.4 is 0 Å². The molecule has 0 unspecified atom stereocenters. The molecule has 120 valence electrons. The molecule has 1 aliphatic carbocycles. The maximum absolute atomic E-state index is 11.1. The summed E-state index contributed by atoms with van der Waals surface area (Å²) in [6.45, 7) is 3.70. The Kier molecular flexibility index (Phi) is 3.32. The number of nitrogens with one attached hydrogen (secondary N) is 1. The molecular weight excluding hydrogens is 282 g/mol. The summed E-state index contributed by atoms with van der Waals surface area (Å²) in [6, 6.07) is 0.657. The molecule has 3 fully saturated rings. The normalized spacial score (nSPS) is 33.3. The van der Waals surface area contributed by atoms with E-state index in [0.717, 1.165) is 51.3 Å². The third kappa shape index (κ3) is 2.37. The minimum atomic E-state index is -0.756. The molecule has 2 N–H and O–H groups in total. The van der Waals surface area contributed by atoms with Crippen LogP contribution in [0.4, 0.5) is 4.79 Å². The van der Waals surface area contributed by atoms with Crippen LogP contribution in [0.25, 0.3) is 0 Å². The summed E-state index contributed by atoms with van der Waals surface area (Å²) in [7, 11) is 0. The number of hydrogen-bond acceptors (Lipinski definition) is 4. The summed E-state index contributed by atoms with van der Waals surface area (Å²) >= 11 is 0. The van der Waals surface area contributed by atoms with Gasteiger partial charge in [0.2, 0.25) is 0 Å². The van der Waals surface area contributed by atoms with E-state index in [1.807, 2.05) is 0 Å². The summed E-state index contributed by atoms with van der Waals surface area (Å²) in [6.07, 6.45) is 6.57. The fourth-order valence-corrected chi connectivity index (χ4v) is 4.58. The van der Waals surface area contributed by atoms with E-state index in [0.29, 0.717) is 12.0 Å². The molecule has 1 amide bonds. The van der Waals surface area contributed by atoms with E-state index in [-0.39, 0.29) is 5.41 Å². The summed E-state index contributed by atoms with van der Waals surface area (Å²) in [5.41, 5.74) is 0.283. The molecule has 0 atom stereocenters. The molecule has 0 radical (unpaired) electrons. The van der Waals surface area contributed by atoms with Gasteiger partial charge in [0.15, 0.2) is 0 Å². The number of nitrogens with zero attached hydrogens (tertiary/aromatic N) is 4. The molecular formula is C15H23N5O2. The van der Waals surface area contributed by atoms with Gasteiger partial charge in [-0.2, -0.15) is 0 Å². The number of H-pyrrole nitrogens is 1. The van der Waals surface area contributed by atoms with Gasteiger partial charge in [-0.05, 0) is 50.6 Å². The van der Waals surface area contributed by atoms with E-state index >= 15 is 0 Å². The summed E-state index contributed by atoms with van der Waals surface area (Å²) in [5, 5.41) is 17.1. The van der Waals surface area contributed by atoms with Crippen molar-refractivity contribution in [3.05, 3.63) is 12.2 Å². The van der Waals surface area contributed by atoms with Crippen molar-refractivity contribution >= 4 is 6.09 Å². The van der Waals surface area contributed by atoms with E-state index in [1.165, 1.54) is 12.8 Å². The minimum Gasteiger partial charge on any atom is -0.465 e. The van der Waals surface area contributed by atoms with E-state index in [1.54, 1.807) is 11.2 Å². The number of hydrogen-bond donors (Lipinski definition) is 2. The van der Waals surface area contributed by atoms with Gasteiger partial charge in [-0.15, -0.1) is 10.2 Å². The van der Waals surface area contributed by atoms with Gasteiger partial charge in [0.05, 0.1) is 0 Å². The highest BCUT2D eigenvalue weighted by Crippen LogP contribution is 2.50. The molecule has 7 nitrogen and oxygen atoms in total. The van der Waals surface area contributed by atoms with Crippen molar-refractivity contribution < 1.29 is 9.90 Å². The lowest BCUT2D eigenvalue weighted by atomic mass is 9.64. The zero-order valence-corrected chi connectivity index (χ0v) is 12.7. The van der Waals surface area contributed by atoms with Gasteiger partial charge in [0.25, 0.3) is 0 Å². The Balaban J connectivity index is 1.27. The number of carbonyl (C=O) groups is 1. The van der Waals surface area contributed by atoms with Crippen LogP contribution >= 0.6 is 0 Å². The van der Waals surface area contributed by atoms with Crippen molar-refractivity contribution in [2.24, 2.45) is 5.41 Å². The van der Waals surface area contributed by atoms with Crippen LogP contribution in [0.5, 0.6) is 0 Å². The molecule has 3 aliphatic rings. The van der Waals surface area contributed by atoms with E-state index in [9.17, 15) is 4.79 Å². The molecule has 1 spiro atoms. The maximum atomic E-state index is 11.1. The van der Waals surface area contributed by atoms with Gasteiger partial charge in [-0.25, -0.2) is 4.79 Å². The first-order valence-corrected chi connectivity index (χ1v) is 8.23. The van der Waals surface area contributed by atoms with Gasteiger partial charge < -0.3 is 19.9 Å². The SMILES string of the molecule is O=C(O)N1CCC2(CC(N3CCC(c4nnc[nH]4)CC3)C2)C1. The number of aromatic nitrogens is 3. The third-order valence-electron chi connectivity index (χ3n) is 5.91. The number of piperidine rings is 1. The highest BCUT2D eigenvalue weighted by atomic mass is 16.4. The van der Waals surface area contributed by atoms with Crippen LogP contribution in [0.15, 0.2) is 6.33 Å². The Morgan fingerprint density at radius 2 is 2.09 bits per heavy atom. The van der Waals surface area contributed by atoms with Crippen molar-refractivity contribution in [1.82, 2.24) is 25.0 Å². The van der Waals surface area contributed by atoms with Gasteiger partial charge in [-0.1, -0.05) is 0 Å². The van der Waals surface area contributed by atoms with Gasteiger partial charge >= 0.3 is 6.09 Å². The monoisotopic (exact) mass is 305 g/mol. The molecule has 0 bridgehead atoms. The highest BCUT2D eigenvalue weighted by molar-refractivity contribution is 5.65. The lowest BCUT2D eigenvalue weighted by molar-refractivity contribution is -0.00419. The van der Waals surface area contributed by atoms with E-state index in [4.69, 9.17) is 5.11 Å². The Morgan fingerprint density at radius 3 is 2.68 bits per heavy atom. The second-order valence-corrected chi connectivity index (χ2v) is 7.20. The first kappa shape index (κ1) is 14.0. The minimum absolute atomic E-state index is 0.283. The molecule has 2 saturated heterocycles. The zero-order chi connectivity index (χ0) is 15.2. The van der Waals surface area contributed by atoms with Crippen molar-refractivity contribution in [3.63, 3.8) is 0 Å². The number of likely N-dealkylation sites (tertiary alicyclic amines) is 2. The maximum Gasteiger partial charge on any atom is 0.407 e. The summed E-state index contributed by atoms with van der Waals surface area (Å²) < 4.78 is 0. The molecule has 7 heteroatoms. The second kappa shape index (κ2) is 5.22. The average Bonchev–Trinajstić information content (AvgIpc) is 3.15. The Labute approximate surface area is 129 Å². The van der Waals surface area contributed by atoms with Crippen molar-refractivity contribution in [3.8, 4) is 0 Å². The van der Waals surface area contributed by atoms with Crippen LogP contribution in [-0.4, -0.2) is 68.4 Å². The predicted octanol–water partition coefficient (Wildman–Crippen LogP) is 1.52. The quantitative estimate of drug-likeness (QED) is 0.865. The highest BCUT2D eigenvalue weighted by Gasteiger charge is 2.51.